The Bertz CT molecular complexity index is 280. The molecule has 6 heteroatoms. The van der Waals surface area contributed by atoms with E-state index in [0.717, 1.165) is 12.2 Å². The zero-order chi connectivity index (χ0) is 10.6. The third-order valence-corrected chi connectivity index (χ3v) is 1.77. The number of hydrogen-bond donors (Lipinski definition) is 2. The van der Waals surface area contributed by atoms with E-state index in [0.29, 0.717) is 17.9 Å². The molecule has 0 saturated carbocycles. The Hall–Kier alpha value is -1.53. The highest BCUT2D eigenvalue weighted by Gasteiger charge is 2.28. The molecule has 0 bridgehead atoms. The molecule has 0 spiro atoms. The zero-order valence-electron chi connectivity index (χ0n) is 7.53. The molecule has 6 nitrogen and oxygen atoms in total. The van der Waals surface area contributed by atoms with Crippen LogP contribution in [0.3, 0.4) is 0 Å². The molecular formula is C8H11N3O3. The van der Waals surface area contributed by atoms with Crippen molar-refractivity contribution in [3.8, 4) is 0 Å². The highest BCUT2D eigenvalue weighted by atomic mass is 16.2. The second kappa shape index (κ2) is 4.64. The van der Waals surface area contributed by atoms with Crippen LogP contribution < -0.4 is 11.3 Å². The minimum Gasteiger partial charge on any atom is -0.274 e. The van der Waals surface area contributed by atoms with Crippen LogP contribution in [0.4, 0.5) is 0 Å². The van der Waals surface area contributed by atoms with E-state index in [4.69, 9.17) is 5.84 Å². The Morgan fingerprint density at radius 2 is 1.93 bits per heavy atom. The maximum absolute atomic E-state index is 11.3. The topological polar surface area (TPSA) is 92.5 Å². The lowest BCUT2D eigenvalue weighted by molar-refractivity contribution is -0.148. The molecule has 0 aliphatic carbocycles. The van der Waals surface area contributed by atoms with E-state index in [1.807, 2.05) is 0 Å². The van der Waals surface area contributed by atoms with Crippen LogP contribution in [-0.2, 0) is 14.4 Å². The van der Waals surface area contributed by atoms with Crippen LogP contribution in [0.5, 0.6) is 0 Å². The number of carbonyl (C=O) groups excluding carboxylic acids is 3. The molecule has 0 unspecified atom stereocenters. The molecule has 1 aliphatic heterocycles. The first kappa shape index (κ1) is 10.6. The lowest BCUT2D eigenvalue weighted by Gasteiger charge is -2.10. The Labute approximate surface area is 80.7 Å². The number of nitrogens with one attached hydrogen (secondary N) is 1. The van der Waals surface area contributed by atoms with E-state index >= 15 is 0 Å². The SMILES string of the molecule is NNCCCC(=O)N1C(=O)C=CC1=O. The molecule has 0 aromatic heterocycles. The average Bonchev–Trinajstić information content (AvgIpc) is 2.46. The highest BCUT2D eigenvalue weighted by molar-refractivity contribution is 6.22. The van der Waals surface area contributed by atoms with Crippen LogP contribution in [0.25, 0.3) is 0 Å². The number of carbonyl (C=O) groups is 3. The predicted molar refractivity (Wildman–Crippen MR) is 47.4 cm³/mol. The molecule has 1 rings (SSSR count). The second-order valence-corrected chi connectivity index (χ2v) is 2.80. The molecule has 0 saturated heterocycles. The summed E-state index contributed by atoms with van der Waals surface area (Å²) >= 11 is 0. The summed E-state index contributed by atoms with van der Waals surface area (Å²) in [5, 5.41) is 0. The van der Waals surface area contributed by atoms with Crippen LogP contribution >= 0.6 is 0 Å². The van der Waals surface area contributed by atoms with Gasteiger partial charge in [0.05, 0.1) is 0 Å². The van der Waals surface area contributed by atoms with Gasteiger partial charge >= 0.3 is 0 Å². The van der Waals surface area contributed by atoms with E-state index in [-0.39, 0.29) is 6.42 Å². The van der Waals surface area contributed by atoms with Gasteiger partial charge in [0.2, 0.25) is 5.91 Å². The van der Waals surface area contributed by atoms with Gasteiger partial charge in [-0.15, -0.1) is 0 Å². The molecule has 3 N–H and O–H groups in total. The quantitative estimate of drug-likeness (QED) is 0.252. The minimum atomic E-state index is -0.569. The third kappa shape index (κ3) is 2.24. The number of hydrazine groups is 1. The summed E-state index contributed by atoms with van der Waals surface area (Å²) in [7, 11) is 0. The fraction of sp³-hybridized carbons (Fsp3) is 0.375. The maximum atomic E-state index is 11.3. The second-order valence-electron chi connectivity index (χ2n) is 2.80. The Morgan fingerprint density at radius 1 is 1.36 bits per heavy atom. The molecule has 3 amide bonds. The molecule has 14 heavy (non-hydrogen) atoms. The van der Waals surface area contributed by atoms with Gasteiger partial charge in [0, 0.05) is 25.1 Å². The molecule has 0 atom stereocenters. The van der Waals surface area contributed by atoms with E-state index in [1.165, 1.54) is 0 Å². The van der Waals surface area contributed by atoms with Gasteiger partial charge in [0.1, 0.15) is 0 Å². The van der Waals surface area contributed by atoms with Gasteiger partial charge in [-0.1, -0.05) is 0 Å². The van der Waals surface area contributed by atoms with Crippen molar-refractivity contribution < 1.29 is 14.4 Å². The van der Waals surface area contributed by atoms with Crippen molar-refractivity contribution >= 4 is 17.7 Å². The standard InChI is InChI=1S/C8H11N3O3/c9-10-5-1-2-6(12)11-7(13)3-4-8(11)14/h3-4,10H,1-2,5,9H2. The van der Waals surface area contributed by atoms with Gasteiger partial charge in [-0.2, -0.15) is 0 Å². The number of amides is 3. The first-order chi connectivity index (χ1) is 6.66. The first-order valence-electron chi connectivity index (χ1n) is 4.19. The van der Waals surface area contributed by atoms with Crippen LogP contribution in [0.1, 0.15) is 12.8 Å². The fourth-order valence-corrected chi connectivity index (χ4v) is 1.10. The summed E-state index contributed by atoms with van der Waals surface area (Å²) in [5.74, 6) is 3.38. The first-order valence-corrected chi connectivity index (χ1v) is 4.19. The minimum absolute atomic E-state index is 0.128. The number of nitrogens with zero attached hydrogens (tertiary/aromatic N) is 1. The molecule has 1 aliphatic rings. The summed E-state index contributed by atoms with van der Waals surface area (Å²) in [6, 6.07) is 0. The van der Waals surface area contributed by atoms with Crippen molar-refractivity contribution in [3.05, 3.63) is 12.2 Å². The van der Waals surface area contributed by atoms with Crippen molar-refractivity contribution in [3.63, 3.8) is 0 Å². The molecule has 0 aromatic carbocycles. The molecular weight excluding hydrogens is 186 g/mol. The van der Waals surface area contributed by atoms with Crippen molar-refractivity contribution in [2.75, 3.05) is 6.54 Å². The van der Waals surface area contributed by atoms with Gasteiger partial charge in [-0.05, 0) is 6.42 Å². The fourth-order valence-electron chi connectivity index (χ4n) is 1.10. The van der Waals surface area contributed by atoms with E-state index in [2.05, 4.69) is 5.43 Å². The van der Waals surface area contributed by atoms with Crippen LogP contribution in [0.2, 0.25) is 0 Å². The van der Waals surface area contributed by atoms with Gasteiger partial charge < -0.3 is 0 Å². The van der Waals surface area contributed by atoms with E-state index in [1.54, 1.807) is 0 Å². The maximum Gasteiger partial charge on any atom is 0.260 e. The molecule has 0 fully saturated rings. The lowest BCUT2D eigenvalue weighted by atomic mass is 10.3. The molecule has 1 heterocycles. The normalized spacial score (nSPS) is 15.4. The molecule has 76 valence electrons. The van der Waals surface area contributed by atoms with Crippen molar-refractivity contribution in [1.29, 1.82) is 0 Å². The number of hydrogen-bond acceptors (Lipinski definition) is 5. The third-order valence-electron chi connectivity index (χ3n) is 1.77. The van der Waals surface area contributed by atoms with Crippen LogP contribution in [0, 0.1) is 0 Å². The highest BCUT2D eigenvalue weighted by Crippen LogP contribution is 2.06. The number of nitrogens with two attached hydrogens (primary N) is 1. The summed E-state index contributed by atoms with van der Waals surface area (Å²) in [4.78, 5) is 34.0. The monoisotopic (exact) mass is 197 g/mol. The summed E-state index contributed by atoms with van der Waals surface area (Å²) < 4.78 is 0. The van der Waals surface area contributed by atoms with Gasteiger partial charge in [-0.3, -0.25) is 25.7 Å². The Balaban J connectivity index is 2.45. The number of rotatable bonds is 4. The van der Waals surface area contributed by atoms with E-state index < -0.39 is 17.7 Å². The number of imide groups is 3. The van der Waals surface area contributed by atoms with Gasteiger partial charge in [0.25, 0.3) is 11.8 Å². The van der Waals surface area contributed by atoms with Gasteiger partial charge in [-0.25, -0.2) is 4.90 Å². The molecule has 0 aromatic rings. The predicted octanol–water partition coefficient (Wildman–Crippen LogP) is -1.32. The smallest absolute Gasteiger partial charge is 0.260 e. The molecule has 0 radical (unpaired) electrons. The van der Waals surface area contributed by atoms with Gasteiger partial charge in [0.15, 0.2) is 0 Å². The average molecular weight is 197 g/mol. The summed E-state index contributed by atoms with van der Waals surface area (Å²) in [6.07, 6.45) is 2.79. The Kier molecular flexibility index (Phi) is 3.49. The van der Waals surface area contributed by atoms with Crippen LogP contribution in [0.15, 0.2) is 12.2 Å². The largest absolute Gasteiger partial charge is 0.274 e. The van der Waals surface area contributed by atoms with Crippen molar-refractivity contribution in [2.24, 2.45) is 5.84 Å². The lowest BCUT2D eigenvalue weighted by Crippen LogP contribution is -2.36. The summed E-state index contributed by atoms with van der Waals surface area (Å²) in [6.45, 7) is 0.468. The summed E-state index contributed by atoms with van der Waals surface area (Å²) in [5.41, 5.74) is 2.38. The Morgan fingerprint density at radius 3 is 2.43 bits per heavy atom. The van der Waals surface area contributed by atoms with E-state index in [9.17, 15) is 14.4 Å². The van der Waals surface area contributed by atoms with Crippen molar-refractivity contribution in [1.82, 2.24) is 10.3 Å². The zero-order valence-corrected chi connectivity index (χ0v) is 7.53. The van der Waals surface area contributed by atoms with Crippen LogP contribution in [-0.4, -0.2) is 29.2 Å². The van der Waals surface area contributed by atoms with Crippen molar-refractivity contribution in [2.45, 2.75) is 12.8 Å².